The Morgan fingerprint density at radius 1 is 1.17 bits per heavy atom. The van der Waals surface area contributed by atoms with E-state index in [1.807, 2.05) is 19.2 Å². The van der Waals surface area contributed by atoms with E-state index in [1.54, 1.807) is 30.4 Å². The van der Waals surface area contributed by atoms with E-state index < -0.39 is 23.9 Å². The van der Waals surface area contributed by atoms with E-state index in [2.05, 4.69) is 15.3 Å². The Morgan fingerprint density at radius 3 is 2.46 bits per heavy atom. The summed E-state index contributed by atoms with van der Waals surface area (Å²) in [5.74, 6) is -1.31. The maximum atomic E-state index is 13.3. The Kier molecular flexibility index (Phi) is 12.2. The summed E-state index contributed by atoms with van der Waals surface area (Å²) in [5.41, 5.74) is 0.188. The lowest BCUT2D eigenvalue weighted by Gasteiger charge is -2.35. The molecule has 13 heteroatoms. The lowest BCUT2D eigenvalue weighted by Crippen LogP contribution is -2.44. The van der Waals surface area contributed by atoms with Gasteiger partial charge in [-0.3, -0.25) is 19.2 Å². The predicted molar refractivity (Wildman–Crippen MR) is 154 cm³/mol. The van der Waals surface area contributed by atoms with E-state index >= 15 is 0 Å². The van der Waals surface area contributed by atoms with Crippen molar-refractivity contribution >= 4 is 46.4 Å². The Bertz CT molecular complexity index is 1170. The molecule has 1 saturated heterocycles. The molecule has 0 spiro atoms. The fourth-order valence-corrected chi connectivity index (χ4v) is 6.29. The van der Waals surface area contributed by atoms with Crippen molar-refractivity contribution in [3.05, 3.63) is 32.7 Å². The number of aromatic nitrogens is 2. The van der Waals surface area contributed by atoms with Gasteiger partial charge in [0.1, 0.15) is 10.7 Å². The zero-order valence-corrected chi connectivity index (χ0v) is 26.1. The molecule has 2 aromatic rings. The first kappa shape index (κ1) is 32.6. The molecule has 11 nitrogen and oxygen atoms in total. The van der Waals surface area contributed by atoms with E-state index in [1.165, 1.54) is 36.7 Å². The van der Waals surface area contributed by atoms with Crippen molar-refractivity contribution in [3.63, 3.8) is 0 Å². The van der Waals surface area contributed by atoms with Crippen LogP contribution >= 0.6 is 22.7 Å². The van der Waals surface area contributed by atoms with Crippen molar-refractivity contribution in [1.82, 2.24) is 20.2 Å². The number of carbonyl (C=O) groups is 4. The number of nitrogens with zero attached hydrogens (tertiary/aromatic N) is 3. The van der Waals surface area contributed by atoms with Gasteiger partial charge in [-0.15, -0.1) is 22.7 Å². The van der Waals surface area contributed by atoms with Crippen LogP contribution < -0.4 is 5.32 Å². The molecule has 0 aliphatic carbocycles. The smallest absolute Gasteiger partial charge is 0.308 e. The van der Waals surface area contributed by atoms with Crippen LogP contribution in [0.15, 0.2) is 17.0 Å². The molecule has 1 fully saturated rings. The number of carbonyl (C=O) groups excluding carboxylic acids is 4. The summed E-state index contributed by atoms with van der Waals surface area (Å²) in [6, 6.07) is -0.584. The summed E-state index contributed by atoms with van der Waals surface area (Å²) in [4.78, 5) is 60.8. The number of thiazole rings is 2. The summed E-state index contributed by atoms with van der Waals surface area (Å²) in [5, 5.41) is 7.79. The van der Waals surface area contributed by atoms with Crippen molar-refractivity contribution in [1.29, 1.82) is 0 Å². The van der Waals surface area contributed by atoms with E-state index in [0.717, 1.165) is 5.01 Å². The predicted octanol–water partition coefficient (Wildman–Crippen LogP) is 3.65. The molecular formula is C28H40N4O7S2. The highest BCUT2D eigenvalue weighted by Gasteiger charge is 2.33. The van der Waals surface area contributed by atoms with Crippen LogP contribution in [-0.2, 0) is 35.0 Å². The van der Waals surface area contributed by atoms with Crippen LogP contribution in [0.1, 0.15) is 73.6 Å². The monoisotopic (exact) mass is 608 g/mol. The Hall–Kier alpha value is -2.90. The van der Waals surface area contributed by atoms with Gasteiger partial charge in [-0.05, 0) is 12.3 Å². The minimum atomic E-state index is -0.723. The first-order valence-electron chi connectivity index (χ1n) is 13.7. The molecule has 2 amide bonds. The van der Waals surface area contributed by atoms with Crippen LogP contribution in [0.2, 0.25) is 0 Å². The minimum absolute atomic E-state index is 0.0187. The summed E-state index contributed by atoms with van der Waals surface area (Å²) in [6.07, 6.45) is 2.56. The van der Waals surface area contributed by atoms with Gasteiger partial charge in [0.25, 0.3) is 5.91 Å². The van der Waals surface area contributed by atoms with Gasteiger partial charge in [-0.25, -0.2) is 9.97 Å². The lowest BCUT2D eigenvalue weighted by atomic mass is 9.95. The largest absolute Gasteiger partial charge is 0.469 e. The Morgan fingerprint density at radius 2 is 1.90 bits per heavy atom. The topological polar surface area (TPSA) is 137 Å². The highest BCUT2D eigenvalue weighted by atomic mass is 32.1. The molecule has 1 N–H and O–H groups in total. The summed E-state index contributed by atoms with van der Waals surface area (Å²) in [6.45, 7) is 8.31. The summed E-state index contributed by atoms with van der Waals surface area (Å²) < 4.78 is 15.7. The number of nitrogens with one attached hydrogen (secondary N) is 1. The van der Waals surface area contributed by atoms with Crippen molar-refractivity contribution in [2.45, 2.75) is 71.6 Å². The molecule has 41 heavy (non-hydrogen) atoms. The molecule has 0 saturated carbocycles. The van der Waals surface area contributed by atoms with E-state index in [-0.39, 0.29) is 41.5 Å². The number of hydrogen-bond acceptors (Lipinski definition) is 11. The first-order valence-corrected chi connectivity index (χ1v) is 15.5. The minimum Gasteiger partial charge on any atom is -0.469 e. The molecular weight excluding hydrogens is 568 g/mol. The van der Waals surface area contributed by atoms with Gasteiger partial charge < -0.3 is 24.4 Å². The van der Waals surface area contributed by atoms with Crippen LogP contribution in [0.4, 0.5) is 0 Å². The maximum absolute atomic E-state index is 13.3. The molecule has 3 rings (SSSR count). The second-order valence-corrected chi connectivity index (χ2v) is 12.7. The second-order valence-electron chi connectivity index (χ2n) is 10.8. The maximum Gasteiger partial charge on any atom is 0.308 e. The van der Waals surface area contributed by atoms with Gasteiger partial charge in [0.15, 0.2) is 6.10 Å². The van der Waals surface area contributed by atoms with Crippen LogP contribution in [0.5, 0.6) is 0 Å². The van der Waals surface area contributed by atoms with E-state index in [9.17, 15) is 19.2 Å². The number of rotatable bonds is 15. The molecule has 2 aromatic heterocycles. The van der Waals surface area contributed by atoms with Gasteiger partial charge in [0.05, 0.1) is 31.2 Å². The molecule has 0 radical (unpaired) electrons. The third-order valence-corrected chi connectivity index (χ3v) is 8.84. The van der Waals surface area contributed by atoms with Crippen molar-refractivity contribution in [3.8, 4) is 0 Å². The second kappa shape index (κ2) is 15.4. The molecule has 3 heterocycles. The van der Waals surface area contributed by atoms with Gasteiger partial charge in [-0.2, -0.15) is 0 Å². The average Bonchev–Trinajstić information content (AvgIpc) is 3.59. The number of hydrogen-bond donors (Lipinski definition) is 1. The van der Waals surface area contributed by atoms with E-state index in [4.69, 9.17) is 14.2 Å². The Balaban J connectivity index is 1.74. The summed E-state index contributed by atoms with van der Waals surface area (Å²) in [7, 11) is 3.11. The molecule has 0 bridgehead atoms. The molecule has 1 aliphatic rings. The van der Waals surface area contributed by atoms with Crippen LogP contribution in [-0.4, -0.2) is 78.1 Å². The highest BCUT2D eigenvalue weighted by molar-refractivity contribution is 7.10. The van der Waals surface area contributed by atoms with E-state index in [0.29, 0.717) is 43.9 Å². The average molecular weight is 609 g/mol. The van der Waals surface area contributed by atoms with Crippen LogP contribution in [0.3, 0.4) is 0 Å². The summed E-state index contributed by atoms with van der Waals surface area (Å²) >= 11 is 2.70. The SMILES string of the molecule is COC(=O)[C@@H](C)C[C@H](Cc1nccs1)NC(=O)c1csc([C@@H](C[C@H](C(C)C)N(C)C(=O)CC2COC2)OC(C)=O)n1. The van der Waals surface area contributed by atoms with Crippen LogP contribution in [0.25, 0.3) is 0 Å². The van der Waals surface area contributed by atoms with Crippen molar-refractivity contribution in [2.75, 3.05) is 27.4 Å². The fourth-order valence-electron chi connectivity index (χ4n) is 4.76. The van der Waals surface area contributed by atoms with Gasteiger partial charge in [0.2, 0.25) is 5.91 Å². The standard InChI is InChI=1S/C28H40N4O7S2/c1-16(2)22(32(5)25(34)10-19-13-38-14-19)12-23(39-18(4)33)27-31-21(15-41-27)26(35)30-20(9-17(3)28(36)37-6)11-24-29-7-8-40-24/h7-8,15-17,19-20,22-23H,9-14H2,1-6H3,(H,30,35)/t17-,20+,22+,23+/m0/s1. The molecule has 1 aliphatic heterocycles. The quantitative estimate of drug-likeness (QED) is 0.300. The zero-order chi connectivity index (χ0) is 30.1. The molecule has 226 valence electrons. The van der Waals surface area contributed by atoms with Crippen molar-refractivity contribution in [2.24, 2.45) is 17.8 Å². The third kappa shape index (κ3) is 9.57. The van der Waals surface area contributed by atoms with Crippen LogP contribution in [0, 0.1) is 17.8 Å². The molecule has 4 atom stereocenters. The number of methoxy groups -OCH3 is 1. The Labute approximate surface area is 249 Å². The zero-order valence-electron chi connectivity index (χ0n) is 24.5. The van der Waals surface area contributed by atoms with Gasteiger partial charge >= 0.3 is 11.9 Å². The van der Waals surface area contributed by atoms with Gasteiger partial charge in [-0.1, -0.05) is 20.8 Å². The fraction of sp³-hybridized carbons (Fsp3) is 0.643. The van der Waals surface area contributed by atoms with Gasteiger partial charge in [0, 0.05) is 68.2 Å². The first-order chi connectivity index (χ1) is 19.5. The van der Waals surface area contributed by atoms with Crippen molar-refractivity contribution < 1.29 is 33.4 Å². The normalized spacial score (nSPS) is 16.3. The molecule has 0 aromatic carbocycles. The number of amides is 2. The number of esters is 2. The number of ether oxygens (including phenoxy) is 3. The highest BCUT2D eigenvalue weighted by Crippen LogP contribution is 2.31. The molecule has 0 unspecified atom stereocenters. The lowest BCUT2D eigenvalue weighted by molar-refractivity contribution is -0.149. The third-order valence-electron chi connectivity index (χ3n) is 7.11.